The molecule has 0 bridgehead atoms. The number of sulfonamides is 1. The van der Waals surface area contributed by atoms with Crippen LogP contribution in [0.2, 0.25) is 0 Å². The van der Waals surface area contributed by atoms with Crippen LogP contribution in [0.4, 0.5) is 18.9 Å². The number of para-hydroxylation sites is 1. The van der Waals surface area contributed by atoms with Gasteiger partial charge < -0.3 is 5.32 Å². The number of anilines is 1. The predicted molar refractivity (Wildman–Crippen MR) is 125 cm³/mol. The summed E-state index contributed by atoms with van der Waals surface area (Å²) in [5.74, 6) is -0.318. The van der Waals surface area contributed by atoms with E-state index in [-0.39, 0.29) is 27.6 Å². The van der Waals surface area contributed by atoms with Crippen LogP contribution in [0.5, 0.6) is 0 Å². The smallest absolute Gasteiger partial charge is 0.326 e. The summed E-state index contributed by atoms with van der Waals surface area (Å²) >= 11 is 0. The van der Waals surface area contributed by atoms with Crippen molar-refractivity contribution >= 4 is 21.6 Å². The average molecular weight is 501 g/mol. The Morgan fingerprint density at radius 1 is 0.914 bits per heavy atom. The Kier molecular flexibility index (Phi) is 6.22. The lowest BCUT2D eigenvalue weighted by Crippen LogP contribution is -2.11. The third-order valence-corrected chi connectivity index (χ3v) is 6.03. The minimum atomic E-state index is -4.79. The van der Waals surface area contributed by atoms with E-state index < -0.39 is 21.9 Å². The van der Waals surface area contributed by atoms with Gasteiger partial charge in [0.05, 0.1) is 16.3 Å². The number of rotatable bonds is 5. The first-order valence-corrected chi connectivity index (χ1v) is 11.8. The number of nitrogens with two attached hydrogens (primary N) is 1. The quantitative estimate of drug-likeness (QED) is 0.409. The van der Waals surface area contributed by atoms with Crippen LogP contribution in [0.15, 0.2) is 83.8 Å². The van der Waals surface area contributed by atoms with Crippen LogP contribution in [0.3, 0.4) is 0 Å². The van der Waals surface area contributed by atoms with Crippen LogP contribution in [-0.2, 0) is 21.0 Å². The minimum absolute atomic E-state index is 0.108. The van der Waals surface area contributed by atoms with Gasteiger partial charge in [-0.15, -0.1) is 0 Å². The Morgan fingerprint density at radius 2 is 1.49 bits per heavy atom. The lowest BCUT2D eigenvalue weighted by atomic mass is 9.98. The lowest BCUT2D eigenvalue weighted by Gasteiger charge is -2.12. The molecule has 0 atom stereocenters. The van der Waals surface area contributed by atoms with Crippen LogP contribution in [0.25, 0.3) is 28.1 Å². The first-order chi connectivity index (χ1) is 16.4. The lowest BCUT2D eigenvalue weighted by molar-refractivity contribution is -0.140. The van der Waals surface area contributed by atoms with E-state index in [2.05, 4.69) is 10.4 Å². The highest BCUT2D eigenvalue weighted by Gasteiger charge is 2.40. The molecule has 4 rings (SSSR count). The second-order valence-electron chi connectivity index (χ2n) is 7.65. The molecule has 3 N–H and O–H groups in total. The van der Waals surface area contributed by atoms with Crippen molar-refractivity contribution in [2.45, 2.75) is 18.0 Å². The van der Waals surface area contributed by atoms with Crippen LogP contribution in [0.1, 0.15) is 12.6 Å². The molecule has 0 saturated carbocycles. The molecule has 180 valence electrons. The molecule has 0 aliphatic heterocycles. The number of nitrogens with zero attached hydrogens (tertiary/aromatic N) is 2. The first-order valence-electron chi connectivity index (χ1n) is 10.2. The van der Waals surface area contributed by atoms with Crippen molar-refractivity contribution in [3.05, 3.63) is 84.6 Å². The second kappa shape index (κ2) is 9.01. The number of benzene rings is 3. The van der Waals surface area contributed by atoms with Crippen molar-refractivity contribution in [2.75, 3.05) is 5.32 Å². The van der Waals surface area contributed by atoms with Crippen molar-refractivity contribution in [3.63, 3.8) is 0 Å². The summed E-state index contributed by atoms with van der Waals surface area (Å²) in [6, 6.07) is 19.4. The maximum absolute atomic E-state index is 14.2. The number of nitrogens with one attached hydrogen (secondary N) is 1. The molecule has 0 saturated heterocycles. The van der Waals surface area contributed by atoms with Crippen LogP contribution >= 0.6 is 0 Å². The third-order valence-electron chi connectivity index (χ3n) is 5.10. The molecule has 0 aliphatic rings. The number of carbonyl (C=O) groups is 1. The van der Waals surface area contributed by atoms with E-state index in [1.807, 2.05) is 0 Å². The molecule has 35 heavy (non-hydrogen) atoms. The van der Waals surface area contributed by atoms with Crippen LogP contribution in [-0.4, -0.2) is 24.1 Å². The summed E-state index contributed by atoms with van der Waals surface area (Å²) < 4.78 is 67.1. The number of primary sulfonamides is 1. The fourth-order valence-corrected chi connectivity index (χ4v) is 4.15. The molecule has 0 fully saturated rings. The Hall–Kier alpha value is -3.96. The monoisotopic (exact) mass is 500 g/mol. The highest BCUT2D eigenvalue weighted by Crippen LogP contribution is 2.43. The van der Waals surface area contributed by atoms with E-state index in [1.165, 1.54) is 60.1 Å². The van der Waals surface area contributed by atoms with Crippen molar-refractivity contribution < 1.29 is 26.4 Å². The largest absolute Gasteiger partial charge is 0.435 e. The number of aromatic nitrogens is 2. The van der Waals surface area contributed by atoms with Crippen molar-refractivity contribution in [1.29, 1.82) is 0 Å². The van der Waals surface area contributed by atoms with Gasteiger partial charge in [0, 0.05) is 23.7 Å². The molecular formula is C24H19F3N4O3S. The normalized spacial score (nSPS) is 11.9. The van der Waals surface area contributed by atoms with Gasteiger partial charge in [-0.3, -0.25) is 4.79 Å². The highest BCUT2D eigenvalue weighted by molar-refractivity contribution is 7.89. The maximum atomic E-state index is 14.2. The molecule has 7 nitrogen and oxygen atoms in total. The fraction of sp³-hybridized carbons (Fsp3) is 0.0833. The van der Waals surface area contributed by atoms with Gasteiger partial charge in [0.25, 0.3) is 0 Å². The topological polar surface area (TPSA) is 107 Å². The Balaban J connectivity index is 2.01. The predicted octanol–water partition coefficient (Wildman–Crippen LogP) is 4.83. The Bertz CT molecular complexity index is 1480. The summed E-state index contributed by atoms with van der Waals surface area (Å²) in [5, 5.41) is 11.7. The zero-order chi connectivity index (χ0) is 25.4. The second-order valence-corrected chi connectivity index (χ2v) is 9.21. The number of hydrogen-bond acceptors (Lipinski definition) is 4. The van der Waals surface area contributed by atoms with Crippen molar-refractivity contribution in [3.8, 4) is 28.1 Å². The molecule has 1 amide bonds. The SMILES string of the molecule is CC(=O)Nc1ccc(-c2c(C(F)(F)F)nn(-c3ccccc3)c2-c2ccc(S(N)(=O)=O)cc2)cc1. The van der Waals surface area contributed by atoms with Gasteiger partial charge in [0.1, 0.15) is 0 Å². The van der Waals surface area contributed by atoms with Gasteiger partial charge in [-0.25, -0.2) is 18.2 Å². The van der Waals surface area contributed by atoms with Gasteiger partial charge in [0.15, 0.2) is 5.69 Å². The Morgan fingerprint density at radius 3 is 2.00 bits per heavy atom. The summed E-state index contributed by atoms with van der Waals surface area (Å²) in [6.45, 7) is 1.32. The van der Waals surface area contributed by atoms with E-state index in [1.54, 1.807) is 30.3 Å². The Labute approximate surface area is 199 Å². The highest BCUT2D eigenvalue weighted by atomic mass is 32.2. The maximum Gasteiger partial charge on any atom is 0.435 e. The number of halogens is 3. The van der Waals surface area contributed by atoms with E-state index in [9.17, 15) is 26.4 Å². The van der Waals surface area contributed by atoms with Crippen molar-refractivity contribution in [1.82, 2.24) is 9.78 Å². The summed E-state index contributed by atoms with van der Waals surface area (Å²) in [7, 11) is -4.00. The standard InChI is InChI=1S/C24H19F3N4O3S/c1-15(32)29-18-11-7-16(8-12-18)21-22(17-9-13-20(14-10-17)35(28,33)34)31(19-5-3-2-4-6-19)30-23(21)24(25,26)27/h2-14H,1H3,(H,29,32)(H2,28,33,34). The molecule has 3 aromatic carbocycles. The molecule has 11 heteroatoms. The minimum Gasteiger partial charge on any atom is -0.326 e. The molecule has 1 aromatic heterocycles. The first kappa shape index (κ1) is 24.2. The molecule has 0 unspecified atom stereocenters. The van der Waals surface area contributed by atoms with E-state index in [4.69, 9.17) is 5.14 Å². The van der Waals surface area contributed by atoms with E-state index >= 15 is 0 Å². The molecule has 0 spiro atoms. The molecular weight excluding hydrogens is 481 g/mol. The average Bonchev–Trinajstić information content (AvgIpc) is 3.21. The third kappa shape index (κ3) is 5.10. The molecule has 0 aliphatic carbocycles. The number of alkyl halides is 3. The zero-order valence-corrected chi connectivity index (χ0v) is 19.1. The summed E-state index contributed by atoms with van der Waals surface area (Å²) in [5.41, 5.74) is 0.105. The summed E-state index contributed by atoms with van der Waals surface area (Å²) in [4.78, 5) is 11.1. The van der Waals surface area contributed by atoms with Gasteiger partial charge in [0.2, 0.25) is 15.9 Å². The molecule has 0 radical (unpaired) electrons. The number of carbonyl (C=O) groups excluding carboxylic acids is 1. The zero-order valence-electron chi connectivity index (χ0n) is 18.2. The van der Waals surface area contributed by atoms with Crippen LogP contribution < -0.4 is 10.5 Å². The van der Waals surface area contributed by atoms with Gasteiger partial charge >= 0.3 is 6.18 Å². The van der Waals surface area contributed by atoms with Gasteiger partial charge in [-0.2, -0.15) is 18.3 Å². The summed E-state index contributed by atoms with van der Waals surface area (Å²) in [6.07, 6.45) is -4.79. The van der Waals surface area contributed by atoms with Crippen molar-refractivity contribution in [2.24, 2.45) is 5.14 Å². The number of amides is 1. The van der Waals surface area contributed by atoms with Crippen LogP contribution in [0, 0.1) is 0 Å². The van der Waals surface area contributed by atoms with Gasteiger partial charge in [-0.1, -0.05) is 42.5 Å². The number of hydrogen-bond donors (Lipinski definition) is 2. The van der Waals surface area contributed by atoms with Gasteiger partial charge in [-0.05, 0) is 42.0 Å². The van der Waals surface area contributed by atoms with E-state index in [0.29, 0.717) is 16.9 Å². The van der Waals surface area contributed by atoms with E-state index in [0.717, 1.165) is 0 Å². The molecule has 4 aromatic rings. The fourth-order valence-electron chi connectivity index (χ4n) is 3.64. The molecule has 1 heterocycles.